The van der Waals surface area contributed by atoms with E-state index < -0.39 is 0 Å². The molecule has 1 aromatic rings. The van der Waals surface area contributed by atoms with Crippen LogP contribution in [0.25, 0.3) is 0 Å². The summed E-state index contributed by atoms with van der Waals surface area (Å²) in [7, 11) is 2.00. The van der Waals surface area contributed by atoms with Gasteiger partial charge >= 0.3 is 0 Å². The summed E-state index contributed by atoms with van der Waals surface area (Å²) in [5.74, 6) is 0.611. The van der Waals surface area contributed by atoms with Crippen molar-refractivity contribution >= 4 is 21.9 Å². The van der Waals surface area contributed by atoms with Gasteiger partial charge in [-0.15, -0.1) is 10.2 Å². The predicted molar refractivity (Wildman–Crippen MR) is 61.6 cm³/mol. The van der Waals surface area contributed by atoms with Crippen molar-refractivity contribution in [3.05, 3.63) is 10.8 Å². The Kier molecular flexibility index (Phi) is 3.48. The first-order chi connectivity index (χ1) is 7.28. The van der Waals surface area contributed by atoms with Gasteiger partial charge in [0.2, 0.25) is 5.95 Å². The van der Waals surface area contributed by atoms with Gasteiger partial charge in [0.05, 0.1) is 6.20 Å². The van der Waals surface area contributed by atoms with Crippen LogP contribution >= 0.6 is 15.9 Å². The van der Waals surface area contributed by atoms with E-state index >= 15 is 0 Å². The second kappa shape index (κ2) is 4.85. The van der Waals surface area contributed by atoms with Crippen LogP contribution in [0.5, 0.6) is 0 Å². The van der Waals surface area contributed by atoms with Crippen LogP contribution in [0.3, 0.4) is 0 Å². The molecule has 0 radical (unpaired) electrons. The molecule has 2 rings (SSSR count). The summed E-state index contributed by atoms with van der Waals surface area (Å²) in [6.45, 7) is 0. The standard InChI is InChI=1S/C9H14BrN5/c1-11-6-2-3-7(4-6)13-9-12-5-8(10)14-15-9/h5-7,11H,2-4H2,1H3,(H,12,13,15). The molecule has 0 amide bonds. The fourth-order valence-corrected chi connectivity index (χ4v) is 2.07. The van der Waals surface area contributed by atoms with Crippen molar-refractivity contribution in [2.45, 2.75) is 31.3 Å². The third-order valence-corrected chi connectivity index (χ3v) is 3.07. The molecular weight excluding hydrogens is 258 g/mol. The molecule has 0 spiro atoms. The first-order valence-corrected chi connectivity index (χ1v) is 5.86. The fraction of sp³-hybridized carbons (Fsp3) is 0.667. The van der Waals surface area contributed by atoms with Crippen LogP contribution in [0.1, 0.15) is 19.3 Å². The highest BCUT2D eigenvalue weighted by Gasteiger charge is 2.23. The largest absolute Gasteiger partial charge is 0.350 e. The molecule has 1 fully saturated rings. The van der Waals surface area contributed by atoms with Crippen LogP contribution in [0.2, 0.25) is 0 Å². The molecule has 6 heteroatoms. The van der Waals surface area contributed by atoms with Crippen LogP contribution in [0, 0.1) is 0 Å². The van der Waals surface area contributed by atoms with Gasteiger partial charge in [-0.1, -0.05) is 0 Å². The van der Waals surface area contributed by atoms with E-state index in [-0.39, 0.29) is 0 Å². The maximum atomic E-state index is 4.14. The smallest absolute Gasteiger partial charge is 0.242 e. The van der Waals surface area contributed by atoms with Crippen molar-refractivity contribution in [1.29, 1.82) is 0 Å². The lowest BCUT2D eigenvalue weighted by Gasteiger charge is -2.12. The zero-order valence-electron chi connectivity index (χ0n) is 8.57. The van der Waals surface area contributed by atoms with Gasteiger partial charge in [0.25, 0.3) is 0 Å². The maximum Gasteiger partial charge on any atom is 0.242 e. The Bertz CT molecular complexity index is 315. The first kappa shape index (κ1) is 10.8. The number of anilines is 1. The fourth-order valence-electron chi connectivity index (χ4n) is 1.88. The lowest BCUT2D eigenvalue weighted by molar-refractivity contribution is 0.575. The van der Waals surface area contributed by atoms with E-state index in [9.17, 15) is 0 Å². The first-order valence-electron chi connectivity index (χ1n) is 5.07. The van der Waals surface area contributed by atoms with Crippen LogP contribution in [-0.4, -0.2) is 34.3 Å². The van der Waals surface area contributed by atoms with Crippen molar-refractivity contribution in [2.24, 2.45) is 0 Å². The topological polar surface area (TPSA) is 62.7 Å². The Morgan fingerprint density at radius 3 is 2.73 bits per heavy atom. The van der Waals surface area contributed by atoms with Crippen LogP contribution in [0.4, 0.5) is 5.95 Å². The minimum absolute atomic E-state index is 0.463. The Labute approximate surface area is 97.2 Å². The molecule has 0 aliphatic heterocycles. The summed E-state index contributed by atoms with van der Waals surface area (Å²) in [6.07, 6.45) is 5.14. The van der Waals surface area contributed by atoms with E-state index in [1.807, 2.05) is 7.05 Å². The van der Waals surface area contributed by atoms with Gasteiger partial charge in [-0.2, -0.15) is 0 Å². The maximum absolute atomic E-state index is 4.14. The zero-order valence-corrected chi connectivity index (χ0v) is 10.2. The molecule has 0 bridgehead atoms. The molecule has 82 valence electrons. The lowest BCUT2D eigenvalue weighted by atomic mass is 10.2. The van der Waals surface area contributed by atoms with Crippen LogP contribution in [0.15, 0.2) is 10.8 Å². The molecule has 0 aromatic carbocycles. The average molecular weight is 272 g/mol. The summed E-state index contributed by atoms with van der Waals surface area (Å²) in [4.78, 5) is 4.14. The minimum atomic E-state index is 0.463. The van der Waals surface area contributed by atoms with Crippen molar-refractivity contribution in [3.63, 3.8) is 0 Å². The van der Waals surface area contributed by atoms with Gasteiger partial charge in [0, 0.05) is 12.1 Å². The second-order valence-corrected chi connectivity index (χ2v) is 4.56. The molecule has 1 aliphatic carbocycles. The number of halogens is 1. The Balaban J connectivity index is 1.90. The van der Waals surface area contributed by atoms with Crippen molar-refractivity contribution in [3.8, 4) is 0 Å². The van der Waals surface area contributed by atoms with Crippen molar-refractivity contribution in [1.82, 2.24) is 20.5 Å². The molecule has 1 aliphatic rings. The average Bonchev–Trinajstić information content (AvgIpc) is 2.69. The normalized spacial score (nSPS) is 25.5. The van der Waals surface area contributed by atoms with E-state index in [0.717, 1.165) is 12.8 Å². The minimum Gasteiger partial charge on any atom is -0.350 e. The number of hydrogen-bond donors (Lipinski definition) is 2. The van der Waals surface area contributed by atoms with Gasteiger partial charge < -0.3 is 10.6 Å². The van der Waals surface area contributed by atoms with E-state index in [0.29, 0.717) is 22.6 Å². The van der Waals surface area contributed by atoms with Crippen LogP contribution < -0.4 is 10.6 Å². The monoisotopic (exact) mass is 271 g/mol. The number of aromatic nitrogens is 3. The second-order valence-electron chi connectivity index (χ2n) is 3.74. The lowest BCUT2D eigenvalue weighted by Crippen LogP contribution is -2.25. The van der Waals surface area contributed by atoms with E-state index in [1.165, 1.54) is 6.42 Å². The van der Waals surface area contributed by atoms with Gasteiger partial charge in [-0.05, 0) is 42.2 Å². The molecular formula is C9H14BrN5. The SMILES string of the molecule is CNC1CCC(Nc2ncc(Br)nn2)C1. The van der Waals surface area contributed by atoms with Crippen LogP contribution in [-0.2, 0) is 0 Å². The summed E-state index contributed by atoms with van der Waals surface area (Å²) < 4.78 is 0.660. The molecule has 1 aromatic heterocycles. The third-order valence-electron chi connectivity index (χ3n) is 2.71. The van der Waals surface area contributed by atoms with Gasteiger partial charge in [0.1, 0.15) is 4.60 Å². The Morgan fingerprint density at radius 2 is 2.13 bits per heavy atom. The quantitative estimate of drug-likeness (QED) is 0.865. The Morgan fingerprint density at radius 1 is 1.33 bits per heavy atom. The molecule has 2 atom stereocenters. The van der Waals surface area contributed by atoms with Crippen molar-refractivity contribution < 1.29 is 0 Å². The van der Waals surface area contributed by atoms with E-state index in [1.54, 1.807) is 6.20 Å². The molecule has 1 heterocycles. The Hall–Kier alpha value is -0.750. The highest BCUT2D eigenvalue weighted by molar-refractivity contribution is 9.10. The summed E-state index contributed by atoms with van der Waals surface area (Å²) in [6, 6.07) is 1.08. The number of nitrogens with zero attached hydrogens (tertiary/aromatic N) is 3. The van der Waals surface area contributed by atoms with Gasteiger partial charge in [-0.25, -0.2) is 4.98 Å². The van der Waals surface area contributed by atoms with E-state index in [2.05, 4.69) is 41.7 Å². The molecule has 0 saturated heterocycles. The molecule has 2 N–H and O–H groups in total. The third kappa shape index (κ3) is 2.85. The number of nitrogens with one attached hydrogen (secondary N) is 2. The highest BCUT2D eigenvalue weighted by atomic mass is 79.9. The van der Waals surface area contributed by atoms with Gasteiger partial charge in [-0.3, -0.25) is 0 Å². The number of hydrogen-bond acceptors (Lipinski definition) is 5. The zero-order chi connectivity index (χ0) is 10.7. The molecule has 5 nitrogen and oxygen atoms in total. The molecule has 2 unspecified atom stereocenters. The number of rotatable bonds is 3. The molecule has 15 heavy (non-hydrogen) atoms. The van der Waals surface area contributed by atoms with Crippen molar-refractivity contribution in [2.75, 3.05) is 12.4 Å². The summed E-state index contributed by atoms with van der Waals surface area (Å²) >= 11 is 3.21. The molecule has 1 saturated carbocycles. The summed E-state index contributed by atoms with van der Waals surface area (Å²) in [5.41, 5.74) is 0. The van der Waals surface area contributed by atoms with Gasteiger partial charge in [0.15, 0.2) is 0 Å². The summed E-state index contributed by atoms with van der Waals surface area (Å²) in [5, 5.41) is 14.4. The van der Waals surface area contributed by atoms with E-state index in [4.69, 9.17) is 0 Å². The highest BCUT2D eigenvalue weighted by Crippen LogP contribution is 2.21. The predicted octanol–water partition coefficient (Wildman–Crippen LogP) is 1.19.